The first-order valence-electron chi connectivity index (χ1n) is 4.72. The Balaban J connectivity index is 2.76. The Morgan fingerprint density at radius 2 is 1.31 bits per heavy atom. The third-order valence-corrected chi connectivity index (χ3v) is 3.05. The van der Waals surface area contributed by atoms with Crippen LogP contribution in [0.3, 0.4) is 0 Å². The molecule has 0 saturated carbocycles. The largest absolute Gasteiger partial charge is 0.355 e. The average molecular weight is 224 g/mol. The molecule has 0 radical (unpaired) electrons. The first-order chi connectivity index (χ1) is 6.41. The van der Waals surface area contributed by atoms with Crippen LogP contribution in [-0.4, -0.2) is 43.0 Å². The van der Waals surface area contributed by atoms with E-state index in [-0.39, 0.29) is 0 Å². The minimum absolute atomic E-state index is 0.453. The molecule has 0 N–H and O–H groups in total. The molecule has 0 spiro atoms. The second kappa shape index (κ2) is 12.6. The van der Waals surface area contributed by atoms with Crippen molar-refractivity contribution in [2.24, 2.45) is 0 Å². The van der Waals surface area contributed by atoms with Gasteiger partial charge in [0.2, 0.25) is 0 Å². The summed E-state index contributed by atoms with van der Waals surface area (Å²) in [6.45, 7) is 6.37. The molecule has 0 rings (SSSR count). The van der Waals surface area contributed by atoms with E-state index in [1.54, 1.807) is 0 Å². The zero-order chi connectivity index (χ0) is 9.78. The van der Waals surface area contributed by atoms with Crippen LogP contribution in [0.2, 0.25) is 0 Å². The van der Waals surface area contributed by atoms with E-state index in [2.05, 4.69) is 13.8 Å². The third kappa shape index (κ3) is 12.6. The maximum atomic E-state index is 5.26. The highest BCUT2D eigenvalue weighted by Gasteiger charge is 1.89. The molecule has 0 aliphatic rings. The molecular formula is C9H20O2S2. The van der Waals surface area contributed by atoms with Gasteiger partial charge in [-0.3, -0.25) is 0 Å². The Kier molecular flexibility index (Phi) is 13.2. The molecule has 0 heterocycles. The summed E-state index contributed by atoms with van der Waals surface area (Å²) >= 11 is 3.79. The fraction of sp³-hybridized carbons (Fsp3) is 1.00. The molecule has 0 unspecified atom stereocenters. The van der Waals surface area contributed by atoms with Crippen LogP contribution >= 0.6 is 23.5 Å². The summed E-state index contributed by atoms with van der Waals surface area (Å²) in [6, 6.07) is 0. The van der Waals surface area contributed by atoms with Gasteiger partial charge in [-0.1, -0.05) is 13.8 Å². The first-order valence-corrected chi connectivity index (χ1v) is 7.03. The second-order valence-electron chi connectivity index (χ2n) is 2.33. The van der Waals surface area contributed by atoms with Crippen molar-refractivity contribution in [3.63, 3.8) is 0 Å². The fourth-order valence-corrected chi connectivity index (χ4v) is 1.75. The van der Waals surface area contributed by atoms with Crippen molar-refractivity contribution in [3.8, 4) is 0 Å². The molecule has 80 valence electrons. The van der Waals surface area contributed by atoms with Crippen LogP contribution in [0.5, 0.6) is 0 Å². The normalized spacial score (nSPS) is 10.6. The van der Waals surface area contributed by atoms with Crippen molar-refractivity contribution < 1.29 is 9.47 Å². The molecule has 0 fully saturated rings. The van der Waals surface area contributed by atoms with Gasteiger partial charge in [-0.15, -0.1) is 0 Å². The number of hydrogen-bond donors (Lipinski definition) is 0. The lowest BCUT2D eigenvalue weighted by molar-refractivity contribution is -0.0426. The summed E-state index contributed by atoms with van der Waals surface area (Å²) in [5.41, 5.74) is 0. The summed E-state index contributed by atoms with van der Waals surface area (Å²) < 4.78 is 10.5. The van der Waals surface area contributed by atoms with Crippen LogP contribution in [-0.2, 0) is 9.47 Å². The molecule has 0 saturated heterocycles. The van der Waals surface area contributed by atoms with Gasteiger partial charge >= 0.3 is 0 Å². The van der Waals surface area contributed by atoms with Crippen LogP contribution in [0.1, 0.15) is 13.8 Å². The summed E-state index contributed by atoms with van der Waals surface area (Å²) in [6.07, 6.45) is 0. The van der Waals surface area contributed by atoms with Crippen LogP contribution in [0.25, 0.3) is 0 Å². The Bertz CT molecular complexity index is 81.7. The highest BCUT2D eigenvalue weighted by molar-refractivity contribution is 7.99. The third-order valence-electron chi connectivity index (χ3n) is 1.32. The fourth-order valence-electron chi connectivity index (χ4n) is 0.701. The molecule has 2 nitrogen and oxygen atoms in total. The minimum Gasteiger partial charge on any atom is -0.355 e. The standard InChI is InChI=1S/C9H20O2S2/c1-3-12-7-5-10-9-11-6-8-13-4-2/h3-9H2,1-2H3. The average Bonchev–Trinajstić information content (AvgIpc) is 2.16. The van der Waals surface area contributed by atoms with Crippen LogP contribution in [0, 0.1) is 0 Å². The Labute approximate surface area is 90.1 Å². The first kappa shape index (κ1) is 13.6. The monoisotopic (exact) mass is 224 g/mol. The number of ether oxygens (including phenoxy) is 2. The molecule has 0 aliphatic carbocycles. The SMILES string of the molecule is CCSCCOCOCCSCC. The molecule has 13 heavy (non-hydrogen) atoms. The van der Waals surface area contributed by atoms with Gasteiger partial charge in [0.15, 0.2) is 0 Å². The summed E-state index contributed by atoms with van der Waals surface area (Å²) in [4.78, 5) is 0. The van der Waals surface area contributed by atoms with Gasteiger partial charge in [-0.2, -0.15) is 23.5 Å². The lowest BCUT2D eigenvalue weighted by Gasteiger charge is -2.04. The smallest absolute Gasteiger partial charge is 0.146 e. The van der Waals surface area contributed by atoms with Gasteiger partial charge in [-0.05, 0) is 11.5 Å². The molecule has 0 aromatic carbocycles. The summed E-state index contributed by atoms with van der Waals surface area (Å²) in [5.74, 6) is 4.47. The Morgan fingerprint density at radius 3 is 1.69 bits per heavy atom. The minimum atomic E-state index is 0.453. The van der Waals surface area contributed by atoms with E-state index in [1.807, 2.05) is 23.5 Å². The van der Waals surface area contributed by atoms with E-state index < -0.39 is 0 Å². The van der Waals surface area contributed by atoms with E-state index in [1.165, 1.54) is 0 Å². The van der Waals surface area contributed by atoms with Gasteiger partial charge in [0, 0.05) is 11.5 Å². The number of hydrogen-bond acceptors (Lipinski definition) is 4. The molecule has 0 bridgehead atoms. The van der Waals surface area contributed by atoms with Gasteiger partial charge in [-0.25, -0.2) is 0 Å². The number of thioether (sulfide) groups is 2. The molecule has 4 heteroatoms. The quantitative estimate of drug-likeness (QED) is 0.419. The molecule has 0 amide bonds. The van der Waals surface area contributed by atoms with Crippen molar-refractivity contribution in [2.75, 3.05) is 43.0 Å². The van der Waals surface area contributed by atoms with Crippen molar-refractivity contribution in [2.45, 2.75) is 13.8 Å². The lowest BCUT2D eigenvalue weighted by atomic mass is 10.8. The molecule has 0 aromatic rings. The Hall–Kier alpha value is 0.620. The summed E-state index contributed by atoms with van der Waals surface area (Å²) in [5, 5.41) is 0. The second-order valence-corrected chi connectivity index (χ2v) is 5.12. The Morgan fingerprint density at radius 1 is 0.846 bits per heavy atom. The zero-order valence-corrected chi connectivity index (χ0v) is 10.2. The van der Waals surface area contributed by atoms with E-state index >= 15 is 0 Å². The van der Waals surface area contributed by atoms with E-state index in [4.69, 9.17) is 9.47 Å². The van der Waals surface area contributed by atoms with Gasteiger partial charge in [0.1, 0.15) is 6.79 Å². The van der Waals surface area contributed by atoms with Crippen molar-refractivity contribution in [3.05, 3.63) is 0 Å². The molecular weight excluding hydrogens is 204 g/mol. The van der Waals surface area contributed by atoms with Crippen molar-refractivity contribution in [1.29, 1.82) is 0 Å². The number of rotatable bonds is 10. The highest BCUT2D eigenvalue weighted by atomic mass is 32.2. The van der Waals surface area contributed by atoms with Crippen LogP contribution in [0.15, 0.2) is 0 Å². The lowest BCUT2D eigenvalue weighted by Crippen LogP contribution is -2.05. The van der Waals surface area contributed by atoms with Gasteiger partial charge in [0.05, 0.1) is 13.2 Å². The predicted molar refractivity (Wildman–Crippen MR) is 62.8 cm³/mol. The predicted octanol–water partition coefficient (Wildman–Crippen LogP) is 2.48. The van der Waals surface area contributed by atoms with E-state index in [0.717, 1.165) is 36.2 Å². The van der Waals surface area contributed by atoms with Gasteiger partial charge < -0.3 is 9.47 Å². The topological polar surface area (TPSA) is 18.5 Å². The van der Waals surface area contributed by atoms with Crippen LogP contribution < -0.4 is 0 Å². The van der Waals surface area contributed by atoms with Crippen molar-refractivity contribution in [1.82, 2.24) is 0 Å². The maximum absolute atomic E-state index is 5.26. The van der Waals surface area contributed by atoms with Gasteiger partial charge in [0.25, 0.3) is 0 Å². The van der Waals surface area contributed by atoms with E-state index in [9.17, 15) is 0 Å². The zero-order valence-electron chi connectivity index (χ0n) is 8.58. The van der Waals surface area contributed by atoms with Crippen molar-refractivity contribution >= 4 is 23.5 Å². The van der Waals surface area contributed by atoms with E-state index in [0.29, 0.717) is 6.79 Å². The summed E-state index contributed by atoms with van der Waals surface area (Å²) in [7, 11) is 0. The maximum Gasteiger partial charge on any atom is 0.146 e. The highest BCUT2D eigenvalue weighted by Crippen LogP contribution is 1.98. The molecule has 0 aliphatic heterocycles. The van der Waals surface area contributed by atoms with Crippen LogP contribution in [0.4, 0.5) is 0 Å². The molecule has 0 aromatic heterocycles. The molecule has 0 atom stereocenters.